The van der Waals surface area contributed by atoms with E-state index in [4.69, 9.17) is 11.6 Å². The van der Waals surface area contributed by atoms with Gasteiger partial charge in [-0.3, -0.25) is 0 Å². The van der Waals surface area contributed by atoms with Gasteiger partial charge in [0.25, 0.3) is 0 Å². The maximum atomic E-state index is 13.1. The van der Waals surface area contributed by atoms with Gasteiger partial charge < -0.3 is 5.32 Å². The van der Waals surface area contributed by atoms with Gasteiger partial charge in [-0.15, -0.1) is 0 Å². The third kappa shape index (κ3) is 3.08. The van der Waals surface area contributed by atoms with Crippen LogP contribution in [-0.4, -0.2) is 16.0 Å². The van der Waals surface area contributed by atoms with Crippen LogP contribution in [0.15, 0.2) is 30.6 Å². The van der Waals surface area contributed by atoms with Gasteiger partial charge >= 0.3 is 0 Å². The van der Waals surface area contributed by atoms with Crippen LogP contribution in [0.25, 0.3) is 11.4 Å². The third-order valence-corrected chi connectivity index (χ3v) is 3.34. The second-order valence-corrected chi connectivity index (χ2v) is 5.11. The summed E-state index contributed by atoms with van der Waals surface area (Å²) in [4.78, 5) is 8.57. The number of hydrogen-bond acceptors (Lipinski definition) is 3. The number of halogens is 2. The lowest BCUT2D eigenvalue weighted by Gasteiger charge is -2.04. The van der Waals surface area contributed by atoms with Crippen LogP contribution in [0.2, 0.25) is 5.02 Å². The Morgan fingerprint density at radius 3 is 2.63 bits per heavy atom. The molecular weight excluding hydrogens is 265 g/mol. The van der Waals surface area contributed by atoms with Crippen molar-refractivity contribution in [3.63, 3.8) is 0 Å². The zero-order valence-corrected chi connectivity index (χ0v) is 11.0. The molecule has 0 bridgehead atoms. The minimum absolute atomic E-state index is 0.0839. The summed E-state index contributed by atoms with van der Waals surface area (Å²) in [6.45, 7) is 0.787. The van der Waals surface area contributed by atoms with Crippen LogP contribution in [0, 0.1) is 5.82 Å². The van der Waals surface area contributed by atoms with Crippen LogP contribution in [0.4, 0.5) is 4.39 Å². The number of aromatic nitrogens is 2. The highest BCUT2D eigenvalue weighted by Crippen LogP contribution is 2.22. The van der Waals surface area contributed by atoms with E-state index >= 15 is 0 Å². The molecule has 0 aliphatic heterocycles. The minimum atomic E-state index is -0.435. The molecule has 0 atom stereocenters. The predicted octanol–water partition coefficient (Wildman–Crippen LogP) is 3.19. The van der Waals surface area contributed by atoms with Gasteiger partial charge in [-0.05, 0) is 31.0 Å². The lowest BCUT2D eigenvalue weighted by molar-refractivity contribution is 0.628. The van der Waals surface area contributed by atoms with Crippen LogP contribution in [-0.2, 0) is 6.54 Å². The number of benzene rings is 1. The molecule has 98 valence electrons. The van der Waals surface area contributed by atoms with Crippen molar-refractivity contribution in [2.24, 2.45) is 0 Å². The van der Waals surface area contributed by atoms with Crippen molar-refractivity contribution in [1.82, 2.24) is 15.3 Å². The van der Waals surface area contributed by atoms with Crippen molar-refractivity contribution in [1.29, 1.82) is 0 Å². The van der Waals surface area contributed by atoms with E-state index in [-0.39, 0.29) is 5.02 Å². The second-order valence-electron chi connectivity index (χ2n) is 4.70. The first-order chi connectivity index (χ1) is 9.22. The molecular formula is C14H13ClFN3. The molecule has 1 saturated carbocycles. The Balaban J connectivity index is 1.74. The Bertz CT molecular complexity index is 582. The molecule has 0 unspecified atom stereocenters. The second kappa shape index (κ2) is 5.23. The first-order valence-electron chi connectivity index (χ1n) is 6.22. The Morgan fingerprint density at radius 1 is 1.26 bits per heavy atom. The quantitative estimate of drug-likeness (QED) is 0.933. The number of nitrogens with zero attached hydrogens (tertiary/aromatic N) is 2. The van der Waals surface area contributed by atoms with Crippen LogP contribution in [0.1, 0.15) is 18.4 Å². The molecule has 1 fully saturated rings. The number of nitrogens with one attached hydrogen (secondary N) is 1. The molecule has 2 aromatic rings. The SMILES string of the molecule is Fc1ccc(-c2ncc(CNC3CC3)cn2)cc1Cl. The highest BCUT2D eigenvalue weighted by molar-refractivity contribution is 6.31. The van der Waals surface area contributed by atoms with Gasteiger partial charge in [0.15, 0.2) is 5.82 Å². The first kappa shape index (κ1) is 12.5. The third-order valence-electron chi connectivity index (χ3n) is 3.06. The zero-order valence-electron chi connectivity index (χ0n) is 10.2. The normalized spacial score (nSPS) is 14.6. The highest BCUT2D eigenvalue weighted by Gasteiger charge is 2.19. The standard InChI is InChI=1S/C14H13ClFN3/c15-12-5-10(1-4-13(12)16)14-18-7-9(8-19-14)6-17-11-2-3-11/h1,4-5,7-8,11,17H,2-3,6H2. The molecule has 0 saturated heterocycles. The summed E-state index contributed by atoms with van der Waals surface area (Å²) in [5, 5.41) is 3.48. The van der Waals surface area contributed by atoms with Gasteiger partial charge in [-0.25, -0.2) is 14.4 Å². The predicted molar refractivity (Wildman–Crippen MR) is 72.3 cm³/mol. The van der Waals surface area contributed by atoms with Crippen molar-refractivity contribution in [3.8, 4) is 11.4 Å². The van der Waals surface area contributed by atoms with Crippen LogP contribution >= 0.6 is 11.6 Å². The molecule has 3 nitrogen and oxygen atoms in total. The van der Waals surface area contributed by atoms with E-state index < -0.39 is 5.82 Å². The maximum absolute atomic E-state index is 13.1. The van der Waals surface area contributed by atoms with Gasteiger partial charge in [-0.2, -0.15) is 0 Å². The fourth-order valence-electron chi connectivity index (χ4n) is 1.78. The molecule has 1 aliphatic rings. The smallest absolute Gasteiger partial charge is 0.159 e. The van der Waals surface area contributed by atoms with Crippen molar-refractivity contribution in [3.05, 3.63) is 47.0 Å². The molecule has 1 aromatic heterocycles. The van der Waals surface area contributed by atoms with E-state index in [2.05, 4.69) is 15.3 Å². The van der Waals surface area contributed by atoms with Crippen molar-refractivity contribution in [2.45, 2.75) is 25.4 Å². The fraction of sp³-hybridized carbons (Fsp3) is 0.286. The van der Waals surface area contributed by atoms with E-state index in [1.807, 2.05) is 0 Å². The first-order valence-corrected chi connectivity index (χ1v) is 6.60. The van der Waals surface area contributed by atoms with Gasteiger partial charge in [0.1, 0.15) is 5.82 Å². The zero-order chi connectivity index (χ0) is 13.2. The average molecular weight is 278 g/mol. The lowest BCUT2D eigenvalue weighted by Crippen LogP contribution is -2.15. The molecule has 5 heteroatoms. The van der Waals surface area contributed by atoms with Crippen molar-refractivity contribution in [2.75, 3.05) is 0 Å². The summed E-state index contributed by atoms with van der Waals surface area (Å²) in [7, 11) is 0. The molecule has 1 heterocycles. The molecule has 1 aliphatic carbocycles. The lowest BCUT2D eigenvalue weighted by atomic mass is 10.2. The van der Waals surface area contributed by atoms with Gasteiger partial charge in [-0.1, -0.05) is 11.6 Å². The Morgan fingerprint density at radius 2 is 2.00 bits per heavy atom. The van der Waals surface area contributed by atoms with Crippen LogP contribution in [0.3, 0.4) is 0 Å². The molecule has 1 N–H and O–H groups in total. The molecule has 0 amide bonds. The van der Waals surface area contributed by atoms with E-state index in [1.165, 1.54) is 25.0 Å². The Labute approximate surface area is 115 Å². The van der Waals surface area contributed by atoms with Crippen molar-refractivity contribution < 1.29 is 4.39 Å². The molecule has 3 rings (SSSR count). The van der Waals surface area contributed by atoms with Crippen LogP contribution in [0.5, 0.6) is 0 Å². The monoisotopic (exact) mass is 277 g/mol. The minimum Gasteiger partial charge on any atom is -0.310 e. The summed E-state index contributed by atoms with van der Waals surface area (Å²) in [5.74, 6) is 0.118. The summed E-state index contributed by atoms with van der Waals surface area (Å²) < 4.78 is 13.1. The Hall–Kier alpha value is -1.52. The molecule has 0 spiro atoms. The van der Waals surface area contributed by atoms with E-state index in [0.29, 0.717) is 17.4 Å². The van der Waals surface area contributed by atoms with Crippen molar-refractivity contribution >= 4 is 11.6 Å². The molecule has 19 heavy (non-hydrogen) atoms. The van der Waals surface area contributed by atoms with Gasteiger partial charge in [0.2, 0.25) is 0 Å². The van der Waals surface area contributed by atoms with Gasteiger partial charge in [0, 0.05) is 36.1 Å². The highest BCUT2D eigenvalue weighted by atomic mass is 35.5. The fourth-order valence-corrected chi connectivity index (χ4v) is 1.96. The van der Waals surface area contributed by atoms with Crippen LogP contribution < -0.4 is 5.32 Å². The van der Waals surface area contributed by atoms with E-state index in [0.717, 1.165) is 12.1 Å². The Kier molecular flexibility index (Phi) is 3.44. The number of rotatable bonds is 4. The summed E-state index contributed by atoms with van der Waals surface area (Å²) in [6, 6.07) is 5.15. The average Bonchev–Trinajstić information content (AvgIpc) is 3.24. The molecule has 1 aromatic carbocycles. The summed E-state index contributed by atoms with van der Waals surface area (Å²) in [5.41, 5.74) is 1.76. The number of hydrogen-bond donors (Lipinski definition) is 1. The topological polar surface area (TPSA) is 37.8 Å². The van der Waals surface area contributed by atoms with E-state index in [9.17, 15) is 4.39 Å². The maximum Gasteiger partial charge on any atom is 0.159 e. The molecule has 0 radical (unpaired) electrons. The van der Waals surface area contributed by atoms with E-state index in [1.54, 1.807) is 18.5 Å². The largest absolute Gasteiger partial charge is 0.310 e. The summed E-state index contributed by atoms with van der Waals surface area (Å²) >= 11 is 5.75. The summed E-state index contributed by atoms with van der Waals surface area (Å²) in [6.07, 6.45) is 6.09. The van der Waals surface area contributed by atoms with Gasteiger partial charge in [0.05, 0.1) is 5.02 Å².